The normalized spacial score (nSPS) is 10.8. The van der Waals surface area contributed by atoms with E-state index in [4.69, 9.17) is 5.53 Å². The van der Waals surface area contributed by atoms with Crippen LogP contribution in [0.5, 0.6) is 0 Å². The fourth-order valence-electron chi connectivity index (χ4n) is 1.69. The summed E-state index contributed by atoms with van der Waals surface area (Å²) in [7, 11) is 2.20. The van der Waals surface area contributed by atoms with E-state index in [2.05, 4.69) is 19.6 Å². The van der Waals surface area contributed by atoms with Crippen LogP contribution in [-0.2, 0) is 30.3 Å². The van der Waals surface area contributed by atoms with Gasteiger partial charge in [-0.15, -0.1) is 0 Å². The Bertz CT molecular complexity index is 608. The molecule has 0 aromatic heterocycles. The molecule has 0 saturated carbocycles. The SMILES string of the molecule is COC(=O)C(=[N+]=[N-])C(=O)N[C@@H](Cc1ccccc1)C(=O)OC. The molecule has 0 saturated heterocycles. The van der Waals surface area contributed by atoms with Gasteiger partial charge in [-0.3, -0.25) is 4.79 Å². The highest BCUT2D eigenvalue weighted by molar-refractivity contribution is 6.61. The van der Waals surface area contributed by atoms with E-state index in [-0.39, 0.29) is 6.42 Å². The van der Waals surface area contributed by atoms with Gasteiger partial charge in [0, 0.05) is 6.42 Å². The lowest BCUT2D eigenvalue weighted by molar-refractivity contribution is -0.146. The lowest BCUT2D eigenvalue weighted by Crippen LogP contribution is -2.48. The molecule has 0 fully saturated rings. The van der Waals surface area contributed by atoms with Gasteiger partial charge in [0.1, 0.15) is 6.04 Å². The molecule has 0 spiro atoms. The van der Waals surface area contributed by atoms with E-state index < -0.39 is 29.6 Å². The van der Waals surface area contributed by atoms with E-state index in [9.17, 15) is 14.4 Å². The number of benzene rings is 1. The number of nitrogens with zero attached hydrogens (tertiary/aromatic N) is 2. The Morgan fingerprint density at radius 1 is 1.18 bits per heavy atom. The fourth-order valence-corrected chi connectivity index (χ4v) is 1.69. The standard InChI is InChI=1S/C14H15N3O5/c1-21-13(19)10(8-9-6-4-3-5-7-9)16-12(18)11(17-15)14(20)22-2/h3-7,10H,8H2,1-2H3,(H,16,18)/t10-/m0/s1. The number of ether oxygens (including phenoxy) is 2. The maximum Gasteiger partial charge on any atom is 0.462 e. The van der Waals surface area contributed by atoms with Crippen LogP contribution in [0.4, 0.5) is 0 Å². The monoisotopic (exact) mass is 305 g/mol. The number of methoxy groups -OCH3 is 2. The molecule has 1 atom stereocenters. The summed E-state index contributed by atoms with van der Waals surface area (Å²) < 4.78 is 8.92. The molecule has 22 heavy (non-hydrogen) atoms. The summed E-state index contributed by atoms with van der Waals surface area (Å²) in [6.07, 6.45) is 0.152. The third kappa shape index (κ3) is 4.53. The van der Waals surface area contributed by atoms with Gasteiger partial charge in [0.25, 0.3) is 0 Å². The van der Waals surface area contributed by atoms with E-state index in [0.717, 1.165) is 12.7 Å². The first kappa shape index (κ1) is 17.1. The summed E-state index contributed by atoms with van der Waals surface area (Å²) in [6.45, 7) is 0. The van der Waals surface area contributed by atoms with E-state index in [1.165, 1.54) is 7.11 Å². The molecule has 1 amide bonds. The molecule has 0 heterocycles. The Kier molecular flexibility index (Phi) is 6.46. The molecular weight excluding hydrogens is 290 g/mol. The molecule has 8 heteroatoms. The average Bonchev–Trinajstić information content (AvgIpc) is 2.54. The second-order valence-corrected chi connectivity index (χ2v) is 4.18. The third-order valence-electron chi connectivity index (χ3n) is 2.77. The number of hydrogen-bond acceptors (Lipinski definition) is 5. The summed E-state index contributed by atoms with van der Waals surface area (Å²) in [5.41, 5.74) is 8.63. The van der Waals surface area contributed by atoms with Crippen molar-refractivity contribution in [3.05, 3.63) is 41.4 Å². The highest BCUT2D eigenvalue weighted by Gasteiger charge is 2.34. The summed E-state index contributed by atoms with van der Waals surface area (Å²) >= 11 is 0. The van der Waals surface area contributed by atoms with Crippen LogP contribution >= 0.6 is 0 Å². The lowest BCUT2D eigenvalue weighted by Gasteiger charge is -2.15. The minimum atomic E-state index is -1.12. The largest absolute Gasteiger partial charge is 0.467 e. The zero-order valence-electron chi connectivity index (χ0n) is 12.1. The molecule has 0 unspecified atom stereocenters. The Morgan fingerprint density at radius 3 is 2.32 bits per heavy atom. The number of nitrogens with one attached hydrogen (secondary N) is 1. The van der Waals surface area contributed by atoms with Crippen molar-refractivity contribution in [3.8, 4) is 0 Å². The molecule has 1 N–H and O–H groups in total. The van der Waals surface area contributed by atoms with Gasteiger partial charge in [-0.2, -0.15) is 4.79 Å². The zero-order chi connectivity index (χ0) is 16.5. The van der Waals surface area contributed by atoms with Crippen molar-refractivity contribution in [1.29, 1.82) is 0 Å². The van der Waals surface area contributed by atoms with E-state index in [0.29, 0.717) is 0 Å². The first-order valence-electron chi connectivity index (χ1n) is 6.26. The number of rotatable bonds is 6. The number of carbonyl (C=O) groups excluding carboxylic acids is 3. The molecule has 1 aromatic rings. The molecule has 0 aliphatic heterocycles. The van der Waals surface area contributed by atoms with Gasteiger partial charge in [-0.05, 0) is 5.56 Å². The molecule has 1 aromatic carbocycles. The Balaban J connectivity index is 2.90. The van der Waals surface area contributed by atoms with E-state index in [1.54, 1.807) is 24.3 Å². The fraction of sp³-hybridized carbons (Fsp3) is 0.286. The van der Waals surface area contributed by atoms with E-state index >= 15 is 0 Å². The van der Waals surface area contributed by atoms with Gasteiger partial charge in [0.15, 0.2) is 0 Å². The topological polar surface area (TPSA) is 118 Å². The minimum Gasteiger partial charge on any atom is -0.467 e. The number of esters is 2. The van der Waals surface area contributed by atoms with Crippen molar-refractivity contribution >= 4 is 23.6 Å². The molecule has 1 rings (SSSR count). The Labute approximate surface area is 126 Å². The number of hydrogen-bond donors (Lipinski definition) is 1. The van der Waals surface area contributed by atoms with Crippen LogP contribution < -0.4 is 5.32 Å². The highest BCUT2D eigenvalue weighted by atomic mass is 16.5. The Morgan fingerprint density at radius 2 is 1.82 bits per heavy atom. The maximum absolute atomic E-state index is 11.9. The summed E-state index contributed by atoms with van der Waals surface area (Å²) in [5, 5.41) is 2.28. The quantitative estimate of drug-likeness (QED) is 0.255. The average molecular weight is 305 g/mol. The summed E-state index contributed by atoms with van der Waals surface area (Å²) in [5.74, 6) is -2.86. The van der Waals surface area contributed by atoms with Gasteiger partial charge >= 0.3 is 23.6 Å². The van der Waals surface area contributed by atoms with E-state index in [1.807, 2.05) is 6.07 Å². The first-order valence-corrected chi connectivity index (χ1v) is 6.26. The first-order chi connectivity index (χ1) is 10.5. The molecule has 0 radical (unpaired) electrons. The van der Waals surface area contributed by atoms with Crippen molar-refractivity contribution < 1.29 is 28.6 Å². The van der Waals surface area contributed by atoms with Crippen molar-refractivity contribution in [2.45, 2.75) is 12.5 Å². The molecule has 0 bridgehead atoms. The second kappa shape index (κ2) is 8.33. The van der Waals surface area contributed by atoms with Gasteiger partial charge in [-0.25, -0.2) is 9.59 Å². The van der Waals surface area contributed by atoms with Crippen LogP contribution in [0.1, 0.15) is 5.56 Å². The molecule has 8 nitrogen and oxygen atoms in total. The maximum atomic E-state index is 11.9. The van der Waals surface area contributed by atoms with Gasteiger partial charge in [-0.1, -0.05) is 30.3 Å². The highest BCUT2D eigenvalue weighted by Crippen LogP contribution is 2.04. The Hall–Kier alpha value is -2.99. The molecule has 0 aliphatic rings. The second-order valence-electron chi connectivity index (χ2n) is 4.18. The van der Waals surface area contributed by atoms with Gasteiger partial charge in [0.05, 0.1) is 14.2 Å². The van der Waals surface area contributed by atoms with Gasteiger partial charge < -0.3 is 20.3 Å². The van der Waals surface area contributed by atoms with Crippen molar-refractivity contribution in [3.63, 3.8) is 0 Å². The van der Waals surface area contributed by atoms with Crippen LogP contribution in [0.2, 0.25) is 0 Å². The van der Waals surface area contributed by atoms with Crippen LogP contribution in [0, 0.1) is 0 Å². The van der Waals surface area contributed by atoms with Crippen molar-refractivity contribution in [1.82, 2.24) is 5.32 Å². The number of amides is 1. The number of carbonyl (C=O) groups is 3. The predicted octanol–water partition coefficient (Wildman–Crippen LogP) is -0.269. The summed E-state index contributed by atoms with van der Waals surface area (Å²) in [4.78, 5) is 37.5. The smallest absolute Gasteiger partial charge is 0.462 e. The molecule has 116 valence electrons. The zero-order valence-corrected chi connectivity index (χ0v) is 12.1. The van der Waals surface area contributed by atoms with Crippen LogP contribution in [0.3, 0.4) is 0 Å². The van der Waals surface area contributed by atoms with Crippen LogP contribution in [0.15, 0.2) is 30.3 Å². The minimum absolute atomic E-state index is 0.152. The van der Waals surface area contributed by atoms with Crippen molar-refractivity contribution in [2.24, 2.45) is 0 Å². The van der Waals surface area contributed by atoms with Crippen LogP contribution in [-0.4, -0.2) is 48.6 Å². The van der Waals surface area contributed by atoms with Gasteiger partial charge in [0.2, 0.25) is 0 Å². The third-order valence-corrected chi connectivity index (χ3v) is 2.77. The predicted molar refractivity (Wildman–Crippen MR) is 74.7 cm³/mol. The lowest BCUT2D eigenvalue weighted by atomic mass is 10.1. The summed E-state index contributed by atoms with van der Waals surface area (Å²) in [6, 6.07) is 7.86. The van der Waals surface area contributed by atoms with Crippen LogP contribution in [0.25, 0.3) is 5.53 Å². The molecular formula is C14H15N3O5. The molecule has 0 aliphatic carbocycles. The van der Waals surface area contributed by atoms with Crippen molar-refractivity contribution in [2.75, 3.05) is 14.2 Å².